The van der Waals surface area contributed by atoms with Crippen molar-refractivity contribution in [3.63, 3.8) is 0 Å². The highest BCUT2D eigenvalue weighted by molar-refractivity contribution is 5.92. The van der Waals surface area contributed by atoms with Crippen LogP contribution in [0, 0.1) is 18.8 Å². The van der Waals surface area contributed by atoms with E-state index in [0.717, 1.165) is 0 Å². The monoisotopic (exact) mass is 596 g/mol. The van der Waals surface area contributed by atoms with Gasteiger partial charge in [0.05, 0.1) is 36.1 Å². The molecule has 0 fully saturated rings. The van der Waals surface area contributed by atoms with Crippen LogP contribution in [-0.2, 0) is 23.9 Å². The Morgan fingerprint density at radius 3 is 2.09 bits per heavy atom. The van der Waals surface area contributed by atoms with Crippen molar-refractivity contribution in [2.24, 2.45) is 34.0 Å². The molecule has 1 amide bonds. The van der Waals surface area contributed by atoms with Crippen LogP contribution in [0.15, 0.2) is 41.4 Å². The van der Waals surface area contributed by atoms with Gasteiger partial charge in [0.25, 0.3) is 0 Å². The van der Waals surface area contributed by atoms with Crippen molar-refractivity contribution in [2.45, 2.75) is 72.0 Å². The number of ether oxygens (including phenoxy) is 4. The summed E-state index contributed by atoms with van der Waals surface area (Å²) in [5.41, 5.74) is 17.0. The number of hydrogen-bond acceptors (Lipinski definition) is 9. The SMILES string of the molecule is Cc1cc(OC(=O)c2ccc(N=C(N)N)cc2)cc2c1C([C@H](C(N)=O)C(CC(=O)OC(C)(C)C)C(=O)OC(C)(C)C)CO2. The zero-order valence-electron chi connectivity index (χ0n) is 25.6. The Labute approximate surface area is 250 Å². The van der Waals surface area contributed by atoms with Crippen LogP contribution >= 0.6 is 0 Å². The first-order valence-electron chi connectivity index (χ1n) is 13.8. The fraction of sp³-hybridized carbons (Fsp3) is 0.452. The first-order valence-corrected chi connectivity index (χ1v) is 13.8. The first-order chi connectivity index (χ1) is 19.8. The molecule has 12 heteroatoms. The van der Waals surface area contributed by atoms with Crippen molar-refractivity contribution < 1.29 is 38.1 Å². The Morgan fingerprint density at radius 1 is 0.953 bits per heavy atom. The van der Waals surface area contributed by atoms with Crippen molar-refractivity contribution in [1.29, 1.82) is 0 Å². The maximum Gasteiger partial charge on any atom is 0.343 e. The summed E-state index contributed by atoms with van der Waals surface area (Å²) in [4.78, 5) is 55.9. The van der Waals surface area contributed by atoms with Crippen LogP contribution in [0.3, 0.4) is 0 Å². The second-order valence-corrected chi connectivity index (χ2v) is 12.4. The smallest absolute Gasteiger partial charge is 0.343 e. The van der Waals surface area contributed by atoms with Crippen LogP contribution in [-0.4, -0.2) is 47.6 Å². The molecule has 1 aliphatic rings. The summed E-state index contributed by atoms with van der Waals surface area (Å²) in [6.07, 6.45) is -0.414. The number of primary amides is 1. The van der Waals surface area contributed by atoms with E-state index in [0.29, 0.717) is 22.6 Å². The van der Waals surface area contributed by atoms with E-state index < -0.39 is 59.2 Å². The summed E-state index contributed by atoms with van der Waals surface area (Å²) >= 11 is 0. The molecule has 0 saturated carbocycles. The normalized spacial score (nSPS) is 15.7. The molecule has 0 aliphatic carbocycles. The number of carbonyl (C=O) groups is 4. The number of fused-ring (bicyclic) bond motifs is 1. The number of aliphatic imine (C=N–C) groups is 1. The molecule has 43 heavy (non-hydrogen) atoms. The van der Waals surface area contributed by atoms with Crippen LogP contribution in [0.25, 0.3) is 0 Å². The molecule has 3 rings (SSSR count). The number of nitrogens with two attached hydrogens (primary N) is 3. The van der Waals surface area contributed by atoms with Crippen molar-refractivity contribution in [3.05, 3.63) is 53.1 Å². The largest absolute Gasteiger partial charge is 0.492 e. The molecular weight excluding hydrogens is 556 g/mol. The molecular formula is C31H40N4O8. The Balaban J connectivity index is 1.91. The summed E-state index contributed by atoms with van der Waals surface area (Å²) in [7, 11) is 0. The summed E-state index contributed by atoms with van der Waals surface area (Å²) < 4.78 is 22.5. The van der Waals surface area contributed by atoms with Crippen molar-refractivity contribution in [2.75, 3.05) is 6.61 Å². The van der Waals surface area contributed by atoms with Gasteiger partial charge in [-0.3, -0.25) is 14.4 Å². The minimum atomic E-state index is -1.23. The number of hydrogen-bond donors (Lipinski definition) is 3. The van der Waals surface area contributed by atoms with E-state index in [4.69, 9.17) is 36.1 Å². The molecule has 12 nitrogen and oxygen atoms in total. The molecule has 0 saturated heterocycles. The third-order valence-corrected chi connectivity index (χ3v) is 6.40. The van der Waals surface area contributed by atoms with Gasteiger partial charge >= 0.3 is 17.9 Å². The quantitative estimate of drug-likeness (QED) is 0.167. The molecule has 1 heterocycles. The van der Waals surface area contributed by atoms with Gasteiger partial charge < -0.3 is 36.1 Å². The minimum Gasteiger partial charge on any atom is -0.492 e. The molecule has 2 aromatic carbocycles. The van der Waals surface area contributed by atoms with Gasteiger partial charge in [-0.1, -0.05) is 0 Å². The molecule has 0 bridgehead atoms. The minimum absolute atomic E-state index is 0.00104. The molecule has 0 radical (unpaired) electrons. The number of guanidine groups is 1. The summed E-state index contributed by atoms with van der Waals surface area (Å²) in [6, 6.07) is 9.34. The molecule has 2 aromatic rings. The van der Waals surface area contributed by atoms with E-state index >= 15 is 0 Å². The van der Waals surface area contributed by atoms with E-state index in [1.807, 2.05) is 0 Å². The lowest BCUT2D eigenvalue weighted by molar-refractivity contribution is -0.170. The van der Waals surface area contributed by atoms with E-state index in [2.05, 4.69) is 4.99 Å². The van der Waals surface area contributed by atoms with E-state index in [9.17, 15) is 19.2 Å². The summed E-state index contributed by atoms with van der Waals surface area (Å²) in [5, 5.41) is 0. The predicted octanol–water partition coefficient (Wildman–Crippen LogP) is 3.39. The summed E-state index contributed by atoms with van der Waals surface area (Å²) in [5.74, 6) is -5.43. The van der Waals surface area contributed by atoms with Gasteiger partial charge in [-0.05, 0) is 84.4 Å². The van der Waals surface area contributed by atoms with Crippen LogP contribution in [0.1, 0.15) is 75.4 Å². The highest BCUT2D eigenvalue weighted by Gasteiger charge is 2.46. The molecule has 232 valence electrons. The van der Waals surface area contributed by atoms with Gasteiger partial charge in [0.15, 0.2) is 5.96 Å². The zero-order valence-corrected chi connectivity index (χ0v) is 25.6. The van der Waals surface area contributed by atoms with Crippen LogP contribution in [0.2, 0.25) is 0 Å². The lowest BCUT2D eigenvalue weighted by Gasteiger charge is -2.31. The Kier molecular flexibility index (Phi) is 9.73. The predicted molar refractivity (Wildman–Crippen MR) is 159 cm³/mol. The molecule has 3 atom stereocenters. The first kappa shape index (κ1) is 32.9. The molecule has 0 spiro atoms. The zero-order chi connectivity index (χ0) is 32.3. The number of rotatable bonds is 9. The number of carbonyl (C=O) groups excluding carboxylic acids is 4. The maximum absolute atomic E-state index is 13.4. The van der Waals surface area contributed by atoms with Crippen LogP contribution < -0.4 is 26.7 Å². The second kappa shape index (κ2) is 12.7. The standard InChI is InChI=1S/C31H40N4O8/c1-16-12-19(41-27(38)17-8-10-18(11-9-17)35-29(33)34)13-22-24(16)21(15-40-22)25(26(32)37)20(28(39)43-31(5,6)7)14-23(36)42-30(2,3)4/h8-13,20-21,25H,14-15H2,1-7H3,(H2,32,37)(H4,33,34,35)/t20?,21?,25-/m1/s1. The lowest BCUT2D eigenvalue weighted by atomic mass is 9.75. The molecule has 1 aliphatic heterocycles. The average molecular weight is 597 g/mol. The maximum atomic E-state index is 13.4. The second-order valence-electron chi connectivity index (χ2n) is 12.4. The van der Waals surface area contributed by atoms with Gasteiger partial charge in [0.2, 0.25) is 5.91 Å². The summed E-state index contributed by atoms with van der Waals surface area (Å²) in [6.45, 7) is 11.9. The highest BCUT2D eigenvalue weighted by atomic mass is 16.6. The highest BCUT2D eigenvalue weighted by Crippen LogP contribution is 2.46. The molecule has 2 unspecified atom stereocenters. The number of nitrogens with zero attached hydrogens (tertiary/aromatic N) is 1. The number of aryl methyl sites for hydroxylation is 1. The van der Waals surface area contributed by atoms with Crippen LogP contribution in [0.4, 0.5) is 5.69 Å². The fourth-order valence-corrected chi connectivity index (χ4v) is 4.89. The van der Waals surface area contributed by atoms with E-state index in [1.165, 1.54) is 18.2 Å². The number of benzene rings is 2. The lowest BCUT2D eigenvalue weighted by Crippen LogP contribution is -2.43. The van der Waals surface area contributed by atoms with E-state index in [-0.39, 0.29) is 23.9 Å². The molecule has 6 N–H and O–H groups in total. The Morgan fingerprint density at radius 2 is 1.56 bits per heavy atom. The van der Waals surface area contributed by atoms with Gasteiger partial charge in [-0.25, -0.2) is 9.79 Å². The number of esters is 3. The van der Waals surface area contributed by atoms with Gasteiger partial charge in [0.1, 0.15) is 22.7 Å². The third-order valence-electron chi connectivity index (χ3n) is 6.40. The third kappa shape index (κ3) is 8.94. The van der Waals surface area contributed by atoms with Crippen molar-refractivity contribution in [1.82, 2.24) is 0 Å². The average Bonchev–Trinajstić information content (AvgIpc) is 3.25. The van der Waals surface area contributed by atoms with Gasteiger partial charge in [-0.2, -0.15) is 0 Å². The van der Waals surface area contributed by atoms with Crippen LogP contribution in [0.5, 0.6) is 11.5 Å². The topological polar surface area (TPSA) is 196 Å². The Bertz CT molecular complexity index is 1420. The van der Waals surface area contributed by atoms with Gasteiger partial charge in [0, 0.05) is 17.5 Å². The van der Waals surface area contributed by atoms with Crippen molar-refractivity contribution >= 4 is 35.5 Å². The molecule has 0 aromatic heterocycles. The van der Waals surface area contributed by atoms with E-state index in [1.54, 1.807) is 66.7 Å². The Hall–Kier alpha value is -4.61. The fourth-order valence-electron chi connectivity index (χ4n) is 4.89. The van der Waals surface area contributed by atoms with Crippen molar-refractivity contribution in [3.8, 4) is 11.5 Å². The van der Waals surface area contributed by atoms with Gasteiger partial charge in [-0.15, -0.1) is 0 Å². The number of amides is 1.